The number of carbonyl (C=O) groups excluding carboxylic acids is 2. The van der Waals surface area contributed by atoms with Gasteiger partial charge in [-0.3, -0.25) is 4.79 Å². The van der Waals surface area contributed by atoms with Gasteiger partial charge in [0.2, 0.25) is 5.91 Å². The molecule has 0 saturated carbocycles. The summed E-state index contributed by atoms with van der Waals surface area (Å²) in [5, 5.41) is 2.68. The Morgan fingerprint density at radius 2 is 1.83 bits per heavy atom. The van der Waals surface area contributed by atoms with E-state index >= 15 is 0 Å². The lowest BCUT2D eigenvalue weighted by atomic mass is 10.1. The fourth-order valence-electron chi connectivity index (χ4n) is 2.02. The molecule has 0 heterocycles. The van der Waals surface area contributed by atoms with Gasteiger partial charge in [-0.25, -0.2) is 9.18 Å². The molecule has 0 fully saturated rings. The summed E-state index contributed by atoms with van der Waals surface area (Å²) in [6, 6.07) is 10.8. The molecule has 2 rings (SSSR count). The quantitative estimate of drug-likeness (QED) is 0.693. The number of carbonyl (C=O) groups is 2. The molecule has 1 N–H and O–H groups in total. The van der Waals surface area contributed by atoms with Gasteiger partial charge in [0.05, 0.1) is 18.4 Å². The van der Waals surface area contributed by atoms with Crippen molar-refractivity contribution in [1.82, 2.24) is 0 Å². The number of para-hydroxylation sites is 1. The lowest BCUT2D eigenvalue weighted by molar-refractivity contribution is -0.111. The van der Waals surface area contributed by atoms with Gasteiger partial charge in [0.1, 0.15) is 5.82 Å². The molecule has 23 heavy (non-hydrogen) atoms. The highest BCUT2D eigenvalue weighted by Gasteiger charge is 2.14. The predicted octanol–water partition coefficient (Wildman–Crippen LogP) is 3.57. The summed E-state index contributed by atoms with van der Waals surface area (Å²) in [5.41, 5.74) is 2.14. The van der Waals surface area contributed by atoms with Crippen LogP contribution in [0.5, 0.6) is 0 Å². The topological polar surface area (TPSA) is 55.4 Å². The summed E-state index contributed by atoms with van der Waals surface area (Å²) in [6.45, 7) is 1.78. The third-order valence-electron chi connectivity index (χ3n) is 3.22. The van der Waals surface area contributed by atoms with E-state index in [1.807, 2.05) is 0 Å². The smallest absolute Gasteiger partial charge is 0.339 e. The summed E-state index contributed by atoms with van der Waals surface area (Å²) < 4.78 is 17.5. The van der Waals surface area contributed by atoms with Gasteiger partial charge in [0, 0.05) is 6.08 Å². The first-order valence-corrected chi connectivity index (χ1v) is 6.94. The largest absolute Gasteiger partial charge is 0.465 e. The molecule has 0 aliphatic carbocycles. The maximum absolute atomic E-state index is 12.8. The highest BCUT2D eigenvalue weighted by atomic mass is 19.1. The monoisotopic (exact) mass is 313 g/mol. The van der Waals surface area contributed by atoms with Gasteiger partial charge in [-0.2, -0.15) is 0 Å². The van der Waals surface area contributed by atoms with Crippen LogP contribution in [0.1, 0.15) is 21.5 Å². The average Bonchev–Trinajstić information content (AvgIpc) is 2.55. The Labute approximate surface area is 133 Å². The normalized spacial score (nSPS) is 10.6. The number of methoxy groups -OCH3 is 1. The fourth-order valence-corrected chi connectivity index (χ4v) is 2.02. The summed E-state index contributed by atoms with van der Waals surface area (Å²) in [7, 11) is 1.28. The van der Waals surface area contributed by atoms with Gasteiger partial charge in [0.15, 0.2) is 0 Å². The van der Waals surface area contributed by atoms with E-state index in [4.69, 9.17) is 4.74 Å². The van der Waals surface area contributed by atoms with Crippen LogP contribution in [0.3, 0.4) is 0 Å². The van der Waals surface area contributed by atoms with E-state index in [0.29, 0.717) is 11.3 Å². The average molecular weight is 313 g/mol. The molecule has 2 aromatic carbocycles. The Balaban J connectivity index is 2.17. The third-order valence-corrected chi connectivity index (χ3v) is 3.22. The minimum atomic E-state index is -0.522. The van der Waals surface area contributed by atoms with Gasteiger partial charge >= 0.3 is 5.97 Å². The van der Waals surface area contributed by atoms with Crippen LogP contribution >= 0.6 is 0 Å². The number of hydrogen-bond donors (Lipinski definition) is 1. The number of halogens is 1. The molecule has 0 bridgehead atoms. The van der Waals surface area contributed by atoms with Gasteiger partial charge in [-0.05, 0) is 42.3 Å². The Bertz CT molecular complexity index is 751. The highest BCUT2D eigenvalue weighted by molar-refractivity contribution is 6.07. The number of aryl methyl sites for hydroxylation is 1. The van der Waals surface area contributed by atoms with E-state index in [1.165, 1.54) is 25.3 Å². The van der Waals surface area contributed by atoms with Crippen molar-refractivity contribution in [3.8, 4) is 0 Å². The van der Waals surface area contributed by atoms with Gasteiger partial charge in [-0.15, -0.1) is 0 Å². The summed E-state index contributed by atoms with van der Waals surface area (Å²) >= 11 is 0. The molecule has 1 amide bonds. The van der Waals surface area contributed by atoms with Crippen molar-refractivity contribution in [2.45, 2.75) is 6.92 Å². The molecule has 0 radical (unpaired) electrons. The second-order valence-electron chi connectivity index (χ2n) is 4.86. The fraction of sp³-hybridized carbons (Fsp3) is 0.111. The van der Waals surface area contributed by atoms with Crippen LogP contribution in [0.25, 0.3) is 6.08 Å². The molecule has 0 saturated heterocycles. The molecule has 4 nitrogen and oxygen atoms in total. The van der Waals surface area contributed by atoms with Crippen molar-refractivity contribution < 1.29 is 18.7 Å². The first-order valence-electron chi connectivity index (χ1n) is 6.94. The number of ether oxygens (including phenoxy) is 1. The number of hydrogen-bond acceptors (Lipinski definition) is 3. The maximum atomic E-state index is 12.8. The number of anilines is 1. The van der Waals surface area contributed by atoms with Gasteiger partial charge in [0.25, 0.3) is 0 Å². The van der Waals surface area contributed by atoms with Gasteiger partial charge in [-0.1, -0.05) is 24.3 Å². The van der Waals surface area contributed by atoms with Crippen molar-refractivity contribution in [2.75, 3.05) is 12.4 Å². The molecular weight excluding hydrogens is 297 g/mol. The molecule has 0 aromatic heterocycles. The lowest BCUT2D eigenvalue weighted by Crippen LogP contribution is -2.14. The summed E-state index contributed by atoms with van der Waals surface area (Å²) in [6.07, 6.45) is 2.88. The first kappa shape index (κ1) is 16.4. The Kier molecular flexibility index (Phi) is 5.25. The summed E-state index contributed by atoms with van der Waals surface area (Å²) in [5.74, 6) is -1.26. The second kappa shape index (κ2) is 7.35. The Morgan fingerprint density at radius 1 is 1.13 bits per heavy atom. The minimum absolute atomic E-state index is 0.288. The van der Waals surface area contributed by atoms with E-state index in [-0.39, 0.29) is 11.4 Å². The molecule has 118 valence electrons. The molecule has 2 aromatic rings. The Hall–Kier alpha value is -2.95. The summed E-state index contributed by atoms with van der Waals surface area (Å²) in [4.78, 5) is 23.8. The standard InChI is InChI=1S/C18H16FNO3/c1-12-4-3-5-15(18(22)23-2)17(12)20-16(21)11-8-13-6-9-14(19)10-7-13/h3-11H,1-2H3,(H,20,21)/b11-8+. The number of esters is 1. The molecule has 0 aliphatic rings. The van der Waals surface area contributed by atoms with E-state index in [9.17, 15) is 14.0 Å². The van der Waals surface area contributed by atoms with Crippen LogP contribution in [-0.2, 0) is 9.53 Å². The zero-order valence-corrected chi connectivity index (χ0v) is 12.8. The molecule has 0 unspecified atom stereocenters. The predicted molar refractivity (Wildman–Crippen MR) is 86.6 cm³/mol. The van der Waals surface area contributed by atoms with Crippen molar-refractivity contribution in [1.29, 1.82) is 0 Å². The van der Waals surface area contributed by atoms with Crippen LogP contribution in [0.4, 0.5) is 10.1 Å². The maximum Gasteiger partial charge on any atom is 0.339 e. The first-order chi connectivity index (χ1) is 11.0. The molecule has 5 heteroatoms. The number of nitrogens with one attached hydrogen (secondary N) is 1. The molecule has 0 spiro atoms. The van der Waals surface area contributed by atoms with Crippen molar-refractivity contribution >= 4 is 23.6 Å². The molecule has 0 aliphatic heterocycles. The lowest BCUT2D eigenvalue weighted by Gasteiger charge is -2.11. The van der Waals surface area contributed by atoms with E-state index < -0.39 is 11.9 Å². The Morgan fingerprint density at radius 3 is 2.48 bits per heavy atom. The third kappa shape index (κ3) is 4.26. The van der Waals surface area contributed by atoms with Crippen LogP contribution in [0, 0.1) is 12.7 Å². The van der Waals surface area contributed by atoms with E-state index in [2.05, 4.69) is 5.32 Å². The van der Waals surface area contributed by atoms with E-state index in [0.717, 1.165) is 5.56 Å². The van der Waals surface area contributed by atoms with Gasteiger partial charge < -0.3 is 10.1 Å². The van der Waals surface area contributed by atoms with E-state index in [1.54, 1.807) is 43.3 Å². The molecule has 0 atom stereocenters. The zero-order valence-electron chi connectivity index (χ0n) is 12.8. The van der Waals surface area contributed by atoms with Crippen molar-refractivity contribution in [3.63, 3.8) is 0 Å². The van der Waals surface area contributed by atoms with Crippen LogP contribution in [0.15, 0.2) is 48.5 Å². The number of rotatable bonds is 4. The highest BCUT2D eigenvalue weighted by Crippen LogP contribution is 2.21. The second-order valence-corrected chi connectivity index (χ2v) is 4.86. The van der Waals surface area contributed by atoms with Crippen LogP contribution in [-0.4, -0.2) is 19.0 Å². The van der Waals surface area contributed by atoms with Crippen molar-refractivity contribution in [2.24, 2.45) is 0 Å². The number of amides is 1. The molecular formula is C18H16FNO3. The SMILES string of the molecule is COC(=O)c1cccc(C)c1NC(=O)/C=C/c1ccc(F)cc1. The van der Waals surface area contributed by atoms with Crippen molar-refractivity contribution in [3.05, 3.63) is 71.0 Å². The van der Waals surface area contributed by atoms with Crippen LogP contribution in [0.2, 0.25) is 0 Å². The number of benzene rings is 2. The minimum Gasteiger partial charge on any atom is -0.465 e. The van der Waals surface area contributed by atoms with Crippen LogP contribution < -0.4 is 5.32 Å². The zero-order chi connectivity index (χ0) is 16.8.